The first-order valence-corrected chi connectivity index (χ1v) is 8.93. The monoisotopic (exact) mass is 401 g/mol. The number of halogens is 2. The van der Waals surface area contributed by atoms with Crippen LogP contribution in [0.15, 0.2) is 33.8 Å². The normalized spacial score (nSPS) is 14.3. The Balaban J connectivity index is 2.06. The minimum absolute atomic E-state index is 0.0778. The molecule has 0 atom stereocenters. The summed E-state index contributed by atoms with van der Waals surface area (Å²) in [5, 5.41) is 0. The molecule has 0 aliphatic heterocycles. The van der Waals surface area contributed by atoms with E-state index in [-0.39, 0.29) is 36.6 Å². The van der Waals surface area contributed by atoms with Gasteiger partial charge in [0.05, 0.1) is 0 Å². The Morgan fingerprint density at radius 3 is 2.57 bits per heavy atom. The second-order valence-electron chi connectivity index (χ2n) is 4.61. The van der Waals surface area contributed by atoms with Crippen molar-refractivity contribution < 1.29 is 23.1 Å². The summed E-state index contributed by atoms with van der Waals surface area (Å²) >= 11 is 0.580. The van der Waals surface area contributed by atoms with Crippen molar-refractivity contribution in [1.29, 1.82) is 0 Å². The number of benzene rings is 1. The molecule has 3 rings (SSSR count). The fourth-order valence-corrected chi connectivity index (χ4v) is 5.04. The average Bonchev–Trinajstić information content (AvgIpc) is 2.91. The van der Waals surface area contributed by atoms with Crippen LogP contribution in [0.5, 0.6) is 0 Å². The van der Waals surface area contributed by atoms with Gasteiger partial charge in [0, 0.05) is 0 Å². The summed E-state index contributed by atoms with van der Waals surface area (Å²) in [5.74, 6) is -2.90. The Labute approximate surface area is 140 Å². The maximum absolute atomic E-state index is 13.3. The molecule has 0 spiro atoms. The van der Waals surface area contributed by atoms with E-state index in [1.807, 2.05) is 0 Å². The standard InChI is InChI=1S/C15H9F2NO3SSe/c1-6-18-10-11(19)13(21-2)14(12(20)15(10)23-6)22-7-3-4-8(16)9(17)5-7/h3-5H,1-2H3. The quantitative estimate of drug-likeness (QED) is 0.742. The van der Waals surface area contributed by atoms with Gasteiger partial charge in [-0.15, -0.1) is 0 Å². The van der Waals surface area contributed by atoms with Gasteiger partial charge in [-0.3, -0.25) is 0 Å². The van der Waals surface area contributed by atoms with Gasteiger partial charge in [-0.05, 0) is 0 Å². The van der Waals surface area contributed by atoms with E-state index in [9.17, 15) is 18.4 Å². The number of hydrogen-bond acceptors (Lipinski definition) is 5. The number of Topliss-reactive ketones (excluding diaryl/α,β-unsaturated/α-hetero) is 2. The second kappa shape index (κ2) is 6.03. The number of hydrogen-bond donors (Lipinski definition) is 0. The predicted octanol–water partition coefficient (Wildman–Crippen LogP) is 2.75. The zero-order chi connectivity index (χ0) is 16.7. The van der Waals surface area contributed by atoms with E-state index >= 15 is 0 Å². The third-order valence-electron chi connectivity index (χ3n) is 3.09. The first-order chi connectivity index (χ1) is 10.9. The third kappa shape index (κ3) is 2.78. The first kappa shape index (κ1) is 16.1. The molecule has 0 N–H and O–H groups in total. The number of rotatable bonds is 3. The molecule has 1 aliphatic rings. The molecular formula is C15H9F2NO3SSe. The number of carbonyl (C=O) groups excluding carboxylic acids is 2. The van der Waals surface area contributed by atoms with Crippen LogP contribution < -0.4 is 0 Å². The molecule has 0 saturated carbocycles. The van der Waals surface area contributed by atoms with Crippen LogP contribution in [0.2, 0.25) is 0 Å². The number of aryl methyl sites for hydroxylation is 1. The number of ketones is 2. The van der Waals surface area contributed by atoms with E-state index in [1.54, 1.807) is 6.92 Å². The van der Waals surface area contributed by atoms with Crippen molar-refractivity contribution in [2.75, 3.05) is 7.11 Å². The number of fused-ring (bicyclic) bond motifs is 1. The molecule has 118 valence electrons. The Kier molecular flexibility index (Phi) is 4.23. The molecule has 0 amide bonds. The molecular weight excluding hydrogens is 391 g/mol. The Morgan fingerprint density at radius 2 is 1.91 bits per heavy atom. The van der Waals surface area contributed by atoms with Crippen molar-refractivity contribution >= 4 is 37.8 Å². The van der Waals surface area contributed by atoms with E-state index in [2.05, 4.69) is 4.98 Å². The molecule has 0 bridgehead atoms. The van der Waals surface area contributed by atoms with Crippen molar-refractivity contribution in [1.82, 2.24) is 4.98 Å². The zero-order valence-corrected chi connectivity index (χ0v) is 14.5. The molecule has 1 aliphatic carbocycles. The third-order valence-corrected chi connectivity index (χ3v) is 6.19. The summed E-state index contributed by atoms with van der Waals surface area (Å²) in [6, 6.07) is 3.29. The molecule has 0 unspecified atom stereocenters. The van der Waals surface area contributed by atoms with Crippen LogP contribution >= 0.6 is 11.8 Å². The molecule has 2 aromatic rings. The molecule has 8 heteroatoms. The van der Waals surface area contributed by atoms with Gasteiger partial charge in [0.1, 0.15) is 0 Å². The van der Waals surface area contributed by atoms with Crippen LogP contribution in [0.25, 0.3) is 0 Å². The van der Waals surface area contributed by atoms with Crippen LogP contribution in [-0.4, -0.2) is 38.2 Å². The van der Waals surface area contributed by atoms with Gasteiger partial charge in [0.25, 0.3) is 0 Å². The van der Waals surface area contributed by atoms with Crippen LogP contribution in [0.3, 0.4) is 0 Å². The number of aromatic nitrogens is 1. The van der Waals surface area contributed by atoms with Gasteiger partial charge >= 0.3 is 140 Å². The van der Waals surface area contributed by atoms with Crippen LogP contribution in [0.1, 0.15) is 24.3 Å². The number of nitrogens with zero attached hydrogens (tertiary/aromatic N) is 1. The Hall–Kier alpha value is -1.76. The van der Waals surface area contributed by atoms with Gasteiger partial charge in [0.2, 0.25) is 0 Å². The van der Waals surface area contributed by atoms with E-state index < -0.39 is 17.4 Å². The van der Waals surface area contributed by atoms with Crippen molar-refractivity contribution in [3.63, 3.8) is 0 Å². The molecule has 4 nitrogen and oxygen atoms in total. The molecule has 1 heterocycles. The van der Waals surface area contributed by atoms with Gasteiger partial charge in [-0.2, -0.15) is 0 Å². The molecule has 1 aromatic carbocycles. The fraction of sp³-hybridized carbons (Fsp3) is 0.133. The molecule has 1 aromatic heterocycles. The van der Waals surface area contributed by atoms with Crippen LogP contribution in [0, 0.1) is 18.6 Å². The van der Waals surface area contributed by atoms with Gasteiger partial charge < -0.3 is 0 Å². The molecule has 0 radical (unpaired) electrons. The maximum atomic E-state index is 13.3. The van der Waals surface area contributed by atoms with Gasteiger partial charge in [0.15, 0.2) is 0 Å². The van der Waals surface area contributed by atoms with Crippen LogP contribution in [0.4, 0.5) is 8.78 Å². The van der Waals surface area contributed by atoms with E-state index in [0.29, 0.717) is 9.33 Å². The topological polar surface area (TPSA) is 56.3 Å². The van der Waals surface area contributed by atoms with E-state index in [4.69, 9.17) is 4.74 Å². The first-order valence-electron chi connectivity index (χ1n) is 6.40. The molecule has 23 heavy (non-hydrogen) atoms. The zero-order valence-electron chi connectivity index (χ0n) is 12.0. The predicted molar refractivity (Wildman–Crippen MR) is 80.8 cm³/mol. The Bertz CT molecular complexity index is 876. The minimum atomic E-state index is -1.02. The SMILES string of the molecule is COC1=C(Sc2ccc(F)c(F)c2)C(=O)c2[se]c(C)nc2C1=O. The van der Waals surface area contributed by atoms with Gasteiger partial charge in [-0.1, -0.05) is 0 Å². The Morgan fingerprint density at radius 1 is 1.17 bits per heavy atom. The summed E-state index contributed by atoms with van der Waals surface area (Å²) in [6.07, 6.45) is 0. The van der Waals surface area contributed by atoms with Crippen molar-refractivity contribution in [3.8, 4) is 0 Å². The summed E-state index contributed by atoms with van der Waals surface area (Å²) in [7, 11) is 1.29. The summed E-state index contributed by atoms with van der Waals surface area (Å²) < 4.78 is 32.6. The summed E-state index contributed by atoms with van der Waals surface area (Å²) in [5.41, 5.74) is 0.138. The number of allylic oxidation sites excluding steroid dienone is 2. The summed E-state index contributed by atoms with van der Waals surface area (Å²) in [6.45, 7) is 1.76. The van der Waals surface area contributed by atoms with Crippen molar-refractivity contribution in [2.24, 2.45) is 0 Å². The molecule has 0 saturated heterocycles. The fourth-order valence-electron chi connectivity index (χ4n) is 2.09. The number of ether oxygens (including phenoxy) is 1. The van der Waals surface area contributed by atoms with Crippen molar-refractivity contribution in [3.05, 3.63) is 55.2 Å². The summed E-state index contributed by atoms with van der Waals surface area (Å²) in [4.78, 5) is 29.6. The average molecular weight is 400 g/mol. The molecule has 0 fully saturated rings. The number of thioether (sulfide) groups is 1. The second-order valence-corrected chi connectivity index (χ2v) is 8.22. The van der Waals surface area contributed by atoms with Gasteiger partial charge in [-0.25, -0.2) is 0 Å². The number of carbonyl (C=O) groups is 2. The van der Waals surface area contributed by atoms with E-state index in [1.165, 1.54) is 13.2 Å². The van der Waals surface area contributed by atoms with E-state index in [0.717, 1.165) is 28.5 Å². The van der Waals surface area contributed by atoms with Crippen molar-refractivity contribution in [2.45, 2.75) is 11.8 Å². The van der Waals surface area contributed by atoms with Crippen LogP contribution in [-0.2, 0) is 4.74 Å². The number of methoxy groups -OCH3 is 1.